The Morgan fingerprint density at radius 3 is 2.26 bits per heavy atom. The minimum Gasteiger partial charge on any atom is -0.330 e. The second-order valence-electron chi connectivity index (χ2n) is 12.6. The second kappa shape index (κ2) is 12.0. The van der Waals surface area contributed by atoms with Crippen molar-refractivity contribution >= 4 is 21.7 Å². The van der Waals surface area contributed by atoms with Gasteiger partial charge in [-0.1, -0.05) is 27.2 Å². The lowest BCUT2D eigenvalue weighted by atomic mass is 9.72. The molecule has 0 bridgehead atoms. The maximum absolute atomic E-state index is 13.7. The van der Waals surface area contributed by atoms with Crippen molar-refractivity contribution < 1.29 is 18.0 Å². The van der Waals surface area contributed by atoms with Crippen molar-refractivity contribution in [2.75, 3.05) is 39.0 Å². The second-order valence-corrected chi connectivity index (χ2v) is 14.6. The van der Waals surface area contributed by atoms with Gasteiger partial charge in [0, 0.05) is 62.9 Å². The van der Waals surface area contributed by atoms with E-state index in [0.717, 1.165) is 63.1 Å². The molecule has 0 unspecified atom stereocenters. The Morgan fingerprint density at radius 1 is 1.05 bits per heavy atom. The fraction of sp³-hybridized carbons (Fsp3) is 0.828. The Labute approximate surface area is 235 Å². The molecule has 3 aliphatic rings. The largest absolute Gasteiger partial charge is 0.330 e. The van der Waals surface area contributed by atoms with E-state index in [4.69, 9.17) is 5.10 Å². The number of amides is 1. The first kappa shape index (κ1) is 30.2. The van der Waals surface area contributed by atoms with E-state index >= 15 is 0 Å². The number of piperidine rings is 3. The van der Waals surface area contributed by atoms with E-state index < -0.39 is 15.6 Å². The molecule has 1 aromatic heterocycles. The first-order valence-corrected chi connectivity index (χ1v) is 16.8. The lowest BCUT2D eigenvalue weighted by molar-refractivity contribution is -0.162. The van der Waals surface area contributed by atoms with E-state index in [1.165, 1.54) is 11.8 Å². The summed E-state index contributed by atoms with van der Waals surface area (Å²) in [5, 5.41) is 4.88. The van der Waals surface area contributed by atoms with Gasteiger partial charge in [-0.05, 0) is 58.3 Å². The molecule has 220 valence electrons. The number of ketones is 1. The molecule has 1 spiro atoms. The lowest BCUT2D eigenvalue weighted by Gasteiger charge is -2.52. The molecule has 1 atom stereocenters. The van der Waals surface area contributed by atoms with Gasteiger partial charge in [0.2, 0.25) is 15.9 Å². The van der Waals surface area contributed by atoms with Crippen LogP contribution in [0.1, 0.15) is 95.1 Å². The van der Waals surface area contributed by atoms with Gasteiger partial charge in [-0.2, -0.15) is 5.10 Å². The van der Waals surface area contributed by atoms with E-state index in [9.17, 15) is 18.0 Å². The number of aromatic nitrogens is 2. The molecule has 0 radical (unpaired) electrons. The average Bonchev–Trinajstić information content (AvgIpc) is 3.16. The third-order valence-electron chi connectivity index (χ3n) is 9.35. The molecular weight excluding hydrogens is 514 g/mol. The van der Waals surface area contributed by atoms with Crippen molar-refractivity contribution in [1.82, 2.24) is 23.9 Å². The van der Waals surface area contributed by atoms with Crippen molar-refractivity contribution in [2.45, 2.75) is 104 Å². The quantitative estimate of drug-likeness (QED) is 0.455. The zero-order valence-corrected chi connectivity index (χ0v) is 25.7. The molecule has 39 heavy (non-hydrogen) atoms. The van der Waals surface area contributed by atoms with Crippen LogP contribution < -0.4 is 0 Å². The highest BCUT2D eigenvalue weighted by Gasteiger charge is 2.53. The Hall–Kier alpha value is -1.78. The molecule has 10 heteroatoms. The van der Waals surface area contributed by atoms with Gasteiger partial charge in [0.25, 0.3) is 0 Å². The van der Waals surface area contributed by atoms with E-state index in [1.807, 2.05) is 4.90 Å². The van der Waals surface area contributed by atoms with Crippen molar-refractivity contribution in [3.8, 4) is 0 Å². The third-order valence-corrected chi connectivity index (χ3v) is 10.7. The highest BCUT2D eigenvalue weighted by atomic mass is 32.2. The van der Waals surface area contributed by atoms with Gasteiger partial charge >= 0.3 is 0 Å². The summed E-state index contributed by atoms with van der Waals surface area (Å²) in [6.45, 7) is 14.7. The number of aryl methyl sites for hydroxylation is 1. The van der Waals surface area contributed by atoms with E-state index in [1.54, 1.807) is 4.31 Å². The molecule has 1 aromatic rings. The summed E-state index contributed by atoms with van der Waals surface area (Å²) >= 11 is 0. The highest BCUT2D eigenvalue weighted by molar-refractivity contribution is 7.88. The number of Topliss-reactive ketones (excluding diaryl/α,β-unsaturated/α-hetero) is 1. The van der Waals surface area contributed by atoms with Crippen LogP contribution in [-0.4, -0.2) is 88.5 Å². The zero-order valence-electron chi connectivity index (χ0n) is 24.9. The molecule has 0 aliphatic carbocycles. The van der Waals surface area contributed by atoms with Crippen LogP contribution in [0.3, 0.4) is 0 Å². The zero-order chi connectivity index (χ0) is 28.5. The molecule has 4 rings (SSSR count). The fourth-order valence-corrected chi connectivity index (χ4v) is 7.90. The Bertz CT molecular complexity index is 1140. The maximum atomic E-state index is 13.7. The summed E-state index contributed by atoms with van der Waals surface area (Å²) in [4.78, 5) is 31.6. The first-order chi connectivity index (χ1) is 18.4. The van der Waals surface area contributed by atoms with E-state index in [0.29, 0.717) is 44.8 Å². The van der Waals surface area contributed by atoms with Crippen LogP contribution in [0.2, 0.25) is 0 Å². The molecule has 3 saturated heterocycles. The van der Waals surface area contributed by atoms with Gasteiger partial charge in [0.15, 0.2) is 5.78 Å². The molecule has 1 amide bonds. The predicted molar refractivity (Wildman–Crippen MR) is 153 cm³/mol. The summed E-state index contributed by atoms with van der Waals surface area (Å²) < 4.78 is 27.5. The summed E-state index contributed by atoms with van der Waals surface area (Å²) in [5.74, 6) is 0.693. The van der Waals surface area contributed by atoms with Crippen LogP contribution >= 0.6 is 0 Å². The molecule has 0 N–H and O–H groups in total. The summed E-state index contributed by atoms with van der Waals surface area (Å²) in [6, 6.07) is 0.205. The lowest BCUT2D eigenvalue weighted by Crippen LogP contribution is -2.66. The van der Waals surface area contributed by atoms with Gasteiger partial charge in [-0.25, -0.2) is 12.7 Å². The Kier molecular flexibility index (Phi) is 9.28. The molecule has 9 nitrogen and oxygen atoms in total. The Morgan fingerprint density at radius 2 is 1.69 bits per heavy atom. The smallest absolute Gasteiger partial charge is 0.226 e. The standard InChI is InChI=1S/C29H49N5O4S/c1-7-8-13-33-28(36)24(18-21(2)3)19-27(35)29(33)11-16-31(17-12-29)20-26-22(4)30-34(23(26)5)25-9-14-32(15-10-25)39(6,37)38/h21,24-25H,7-20H2,1-6H3/t24-/m1/s1. The predicted octanol–water partition coefficient (Wildman–Crippen LogP) is 3.69. The monoisotopic (exact) mass is 563 g/mol. The molecule has 4 heterocycles. The normalized spacial score (nSPS) is 23.9. The fourth-order valence-electron chi connectivity index (χ4n) is 7.03. The summed E-state index contributed by atoms with van der Waals surface area (Å²) in [5.41, 5.74) is 2.75. The number of hydrogen-bond acceptors (Lipinski definition) is 6. The first-order valence-electron chi connectivity index (χ1n) is 14.9. The maximum Gasteiger partial charge on any atom is 0.226 e. The van der Waals surface area contributed by atoms with Crippen LogP contribution in [0.25, 0.3) is 0 Å². The number of unbranched alkanes of at least 4 members (excludes halogenated alkanes) is 1. The number of carbonyl (C=O) groups is 2. The van der Waals surface area contributed by atoms with Crippen molar-refractivity contribution in [3.05, 3.63) is 17.0 Å². The van der Waals surface area contributed by atoms with Gasteiger partial charge in [-0.15, -0.1) is 0 Å². The van der Waals surface area contributed by atoms with Gasteiger partial charge in [-0.3, -0.25) is 19.2 Å². The summed E-state index contributed by atoms with van der Waals surface area (Å²) in [6.07, 6.45) is 7.32. The number of nitrogens with zero attached hydrogens (tertiary/aromatic N) is 5. The van der Waals surface area contributed by atoms with Crippen molar-refractivity contribution in [3.63, 3.8) is 0 Å². The van der Waals surface area contributed by atoms with Crippen molar-refractivity contribution in [1.29, 1.82) is 0 Å². The van der Waals surface area contributed by atoms with Crippen LogP contribution in [0.15, 0.2) is 0 Å². The summed E-state index contributed by atoms with van der Waals surface area (Å²) in [7, 11) is -3.15. The number of hydrogen-bond donors (Lipinski definition) is 0. The minimum absolute atomic E-state index is 0.168. The number of sulfonamides is 1. The van der Waals surface area contributed by atoms with Crippen molar-refractivity contribution in [2.24, 2.45) is 11.8 Å². The topological polar surface area (TPSA) is 95.8 Å². The van der Waals surface area contributed by atoms with Crippen LogP contribution in [0.5, 0.6) is 0 Å². The average molecular weight is 564 g/mol. The van der Waals surface area contributed by atoms with Gasteiger partial charge < -0.3 is 4.90 Å². The Balaban J connectivity index is 1.43. The van der Waals surface area contributed by atoms with Gasteiger partial charge in [0.1, 0.15) is 5.54 Å². The van der Waals surface area contributed by atoms with Crippen LogP contribution in [0.4, 0.5) is 0 Å². The van der Waals surface area contributed by atoms with E-state index in [2.05, 4.69) is 44.2 Å². The minimum atomic E-state index is -3.15. The molecular formula is C29H49N5O4S. The van der Waals surface area contributed by atoms with Crippen LogP contribution in [0, 0.1) is 25.7 Å². The number of likely N-dealkylation sites (tertiary alicyclic amines) is 2. The third kappa shape index (κ3) is 6.27. The molecule has 0 saturated carbocycles. The number of carbonyl (C=O) groups excluding carboxylic acids is 2. The van der Waals surface area contributed by atoms with Gasteiger partial charge in [0.05, 0.1) is 18.0 Å². The molecule has 0 aromatic carbocycles. The van der Waals surface area contributed by atoms with Crippen LogP contribution in [-0.2, 0) is 26.2 Å². The molecule has 3 fully saturated rings. The highest BCUT2D eigenvalue weighted by Crippen LogP contribution is 2.40. The SMILES string of the molecule is CCCCN1C(=O)[C@H](CC(C)C)CC(=O)C12CCN(Cc1c(C)nn(C3CCN(S(C)(=O)=O)CC3)c1C)CC2. The number of rotatable bonds is 9. The molecule has 3 aliphatic heterocycles. The van der Waals surface area contributed by atoms with E-state index in [-0.39, 0.29) is 23.7 Å².